The molecule has 5 nitrogen and oxygen atoms in total. The monoisotopic (exact) mass is 662 g/mol. The maximum Gasteiger partial charge on any atom is 0.306 e. The van der Waals surface area contributed by atoms with Gasteiger partial charge in [-0.25, -0.2) is 0 Å². The topological polar surface area (TPSA) is 64.6 Å². The molecule has 1 N–H and O–H groups in total. The third-order valence-electron chi connectivity index (χ3n) is 11.2. The lowest BCUT2D eigenvalue weighted by atomic mass is 9.58. The summed E-state index contributed by atoms with van der Waals surface area (Å²) in [7, 11) is 0. The Kier molecular flexibility index (Phi) is 23.9. The largest absolute Gasteiger partial charge is 0.466 e. The van der Waals surface area contributed by atoms with Crippen molar-refractivity contribution in [3.63, 3.8) is 0 Å². The smallest absolute Gasteiger partial charge is 0.306 e. The van der Waals surface area contributed by atoms with E-state index in [0.29, 0.717) is 26.1 Å². The molecule has 0 amide bonds. The second-order valence-corrected chi connectivity index (χ2v) is 16.4. The first-order valence-electron chi connectivity index (χ1n) is 20.9. The van der Waals surface area contributed by atoms with Crippen molar-refractivity contribution in [2.75, 3.05) is 26.3 Å². The molecule has 5 heteroatoms. The van der Waals surface area contributed by atoms with Crippen LogP contribution in [0.25, 0.3) is 0 Å². The zero-order valence-corrected chi connectivity index (χ0v) is 31.9. The Morgan fingerprint density at radius 1 is 0.638 bits per heavy atom. The van der Waals surface area contributed by atoms with Crippen LogP contribution in [0.2, 0.25) is 0 Å². The second kappa shape index (κ2) is 26.7. The normalized spacial score (nSPS) is 22.4. The number of ether oxygens (including phenoxy) is 2. The number of hydrogen-bond acceptors (Lipinski definition) is 5. The summed E-state index contributed by atoms with van der Waals surface area (Å²) >= 11 is 0. The Morgan fingerprint density at radius 3 is 1.77 bits per heavy atom. The number of carbonyl (C=O) groups excluding carboxylic acids is 2. The minimum Gasteiger partial charge on any atom is -0.466 e. The summed E-state index contributed by atoms with van der Waals surface area (Å²) in [6.45, 7) is 12.7. The average Bonchev–Trinajstić information content (AvgIpc) is 3.01. The van der Waals surface area contributed by atoms with Gasteiger partial charge in [0.2, 0.25) is 0 Å². The van der Waals surface area contributed by atoms with Gasteiger partial charge < -0.3 is 14.8 Å². The van der Waals surface area contributed by atoms with Crippen LogP contribution < -0.4 is 5.32 Å². The van der Waals surface area contributed by atoms with Crippen LogP contribution in [0.1, 0.15) is 201 Å². The lowest BCUT2D eigenvalue weighted by Crippen LogP contribution is -2.37. The molecule has 2 fully saturated rings. The summed E-state index contributed by atoms with van der Waals surface area (Å²) in [5.74, 6) is 3.31. The van der Waals surface area contributed by atoms with E-state index in [1.54, 1.807) is 0 Å². The molecule has 276 valence electrons. The summed E-state index contributed by atoms with van der Waals surface area (Å²) in [5.41, 5.74) is 0.167. The lowest BCUT2D eigenvalue weighted by Gasteiger charge is -2.47. The summed E-state index contributed by atoms with van der Waals surface area (Å²) < 4.78 is 11.2. The van der Waals surface area contributed by atoms with E-state index in [1.165, 1.54) is 128 Å². The summed E-state index contributed by atoms with van der Waals surface area (Å²) in [6, 6.07) is 0. The highest BCUT2D eigenvalue weighted by atomic mass is 16.5. The Labute approximate surface area is 292 Å². The summed E-state index contributed by atoms with van der Waals surface area (Å²) in [6.07, 6.45) is 32.2. The molecular formula is C42H79NO4. The molecule has 47 heavy (non-hydrogen) atoms. The number of carbonyl (C=O) groups is 2. The van der Waals surface area contributed by atoms with Gasteiger partial charge in [-0.3, -0.25) is 9.59 Å². The van der Waals surface area contributed by atoms with Crippen molar-refractivity contribution >= 4 is 11.9 Å². The predicted octanol–water partition coefficient (Wildman–Crippen LogP) is 11.8. The zero-order chi connectivity index (χ0) is 34.0. The first kappa shape index (κ1) is 42.1. The van der Waals surface area contributed by atoms with Crippen LogP contribution in [-0.4, -0.2) is 38.2 Å². The first-order chi connectivity index (χ1) is 22.8. The van der Waals surface area contributed by atoms with Gasteiger partial charge in [-0.15, -0.1) is 0 Å². The van der Waals surface area contributed by atoms with Gasteiger partial charge in [-0.05, 0) is 106 Å². The molecule has 2 aliphatic rings. The van der Waals surface area contributed by atoms with Gasteiger partial charge in [-0.1, -0.05) is 124 Å². The van der Waals surface area contributed by atoms with E-state index < -0.39 is 0 Å². The number of unbranched alkanes of at least 4 members (excludes halogenated alkanes) is 13. The third-order valence-corrected chi connectivity index (χ3v) is 11.2. The number of nitrogens with one attached hydrogen (secondary N) is 1. The number of fused-ring (bicyclic) bond motifs is 2. The number of rotatable bonds is 30. The van der Waals surface area contributed by atoms with Crippen LogP contribution in [0.3, 0.4) is 0 Å². The van der Waals surface area contributed by atoms with Crippen molar-refractivity contribution in [1.29, 1.82) is 0 Å². The molecule has 0 aliphatic heterocycles. The fourth-order valence-corrected chi connectivity index (χ4v) is 8.88. The highest BCUT2D eigenvalue weighted by molar-refractivity contribution is 5.70. The van der Waals surface area contributed by atoms with Gasteiger partial charge in [0.15, 0.2) is 0 Å². The van der Waals surface area contributed by atoms with E-state index >= 15 is 0 Å². The van der Waals surface area contributed by atoms with Crippen molar-refractivity contribution < 1.29 is 19.1 Å². The predicted molar refractivity (Wildman–Crippen MR) is 199 cm³/mol. The van der Waals surface area contributed by atoms with Crippen molar-refractivity contribution in [2.24, 2.45) is 29.1 Å². The molecule has 0 spiro atoms. The zero-order valence-electron chi connectivity index (χ0n) is 31.9. The van der Waals surface area contributed by atoms with Crippen LogP contribution in [0.15, 0.2) is 0 Å². The average molecular weight is 662 g/mol. The Balaban J connectivity index is 1.30. The van der Waals surface area contributed by atoms with Crippen LogP contribution in [-0.2, 0) is 19.1 Å². The van der Waals surface area contributed by atoms with E-state index in [-0.39, 0.29) is 17.4 Å². The minimum atomic E-state index is 0.00615. The van der Waals surface area contributed by atoms with Crippen LogP contribution in [0.5, 0.6) is 0 Å². The van der Waals surface area contributed by atoms with E-state index in [9.17, 15) is 9.59 Å². The quantitative estimate of drug-likeness (QED) is 0.0613. The number of hydrogen-bond donors (Lipinski definition) is 1. The highest BCUT2D eigenvalue weighted by Crippen LogP contribution is 2.51. The standard InChI is InChI=1S/C42H79NO4/c1-5-7-16-22-37(23-17-8-6-2)25-29-47-40(44)24-18-12-11-14-20-27-43-26-19-13-9-10-15-21-28-46-41(45)35-42(4)33-38-30-36(3)31-39(32-38)34-42/h36-39,43H,5-35H2,1-4H3. The Bertz CT molecular complexity index is 757. The Hall–Kier alpha value is -1.10. The molecule has 0 radical (unpaired) electrons. The molecule has 2 bridgehead atoms. The van der Waals surface area contributed by atoms with Crippen LogP contribution in [0, 0.1) is 29.1 Å². The highest BCUT2D eigenvalue weighted by Gasteiger charge is 2.42. The van der Waals surface area contributed by atoms with Gasteiger partial charge in [0.25, 0.3) is 0 Å². The minimum absolute atomic E-state index is 0.00615. The molecule has 0 aromatic carbocycles. The van der Waals surface area contributed by atoms with Crippen LogP contribution in [0.4, 0.5) is 0 Å². The maximum atomic E-state index is 12.5. The maximum absolute atomic E-state index is 12.5. The summed E-state index contributed by atoms with van der Waals surface area (Å²) in [4.78, 5) is 24.7. The number of esters is 2. The fourth-order valence-electron chi connectivity index (χ4n) is 8.88. The van der Waals surface area contributed by atoms with Gasteiger partial charge in [0.1, 0.15) is 0 Å². The van der Waals surface area contributed by atoms with Crippen molar-refractivity contribution in [2.45, 2.75) is 201 Å². The molecule has 0 heterocycles. The van der Waals surface area contributed by atoms with E-state index in [0.717, 1.165) is 68.9 Å². The lowest BCUT2D eigenvalue weighted by molar-refractivity contribution is -0.148. The fraction of sp³-hybridized carbons (Fsp3) is 0.952. The van der Waals surface area contributed by atoms with Crippen molar-refractivity contribution in [3.8, 4) is 0 Å². The van der Waals surface area contributed by atoms with Crippen molar-refractivity contribution in [1.82, 2.24) is 5.32 Å². The molecule has 2 saturated carbocycles. The molecule has 0 aromatic rings. The van der Waals surface area contributed by atoms with Gasteiger partial charge in [-0.2, -0.15) is 0 Å². The Morgan fingerprint density at radius 2 is 1.17 bits per heavy atom. The SMILES string of the molecule is CCCCCC(CCCCC)CCOC(=O)CCCCCCCNCCCCCCCCOC(=O)CC1(C)CC2CC(C)CC(C2)C1. The second-order valence-electron chi connectivity index (χ2n) is 16.4. The van der Waals surface area contributed by atoms with Crippen molar-refractivity contribution in [3.05, 3.63) is 0 Å². The molecule has 2 aliphatic carbocycles. The molecule has 0 saturated heterocycles. The third kappa shape index (κ3) is 21.6. The molecule has 0 aromatic heterocycles. The van der Waals surface area contributed by atoms with Gasteiger partial charge >= 0.3 is 11.9 Å². The van der Waals surface area contributed by atoms with Gasteiger partial charge in [0.05, 0.1) is 19.6 Å². The van der Waals surface area contributed by atoms with Gasteiger partial charge in [0, 0.05) is 6.42 Å². The van der Waals surface area contributed by atoms with E-state index in [2.05, 4.69) is 33.0 Å². The van der Waals surface area contributed by atoms with E-state index in [1.807, 2.05) is 0 Å². The molecule has 2 atom stereocenters. The van der Waals surface area contributed by atoms with Crippen LogP contribution >= 0.6 is 0 Å². The molecule has 2 unspecified atom stereocenters. The summed E-state index contributed by atoms with van der Waals surface area (Å²) in [5, 5.41) is 3.60. The molecular weight excluding hydrogens is 582 g/mol. The first-order valence-corrected chi connectivity index (χ1v) is 20.9. The van der Waals surface area contributed by atoms with E-state index in [4.69, 9.17) is 9.47 Å². The molecule has 2 rings (SSSR count).